The van der Waals surface area contributed by atoms with E-state index < -0.39 is 17.7 Å². The number of rotatable bonds is 5. The Morgan fingerprint density at radius 2 is 2.09 bits per heavy atom. The zero-order valence-corrected chi connectivity index (χ0v) is 12.8. The highest BCUT2D eigenvalue weighted by atomic mass is 19.1. The van der Waals surface area contributed by atoms with Crippen LogP contribution in [0, 0.1) is 25.5 Å². The number of nitrogens with zero attached hydrogens (tertiary/aromatic N) is 1. The van der Waals surface area contributed by atoms with E-state index in [9.17, 15) is 13.6 Å². The van der Waals surface area contributed by atoms with Crippen LogP contribution < -0.4 is 5.32 Å². The first-order valence-corrected chi connectivity index (χ1v) is 7.17. The highest BCUT2D eigenvalue weighted by molar-refractivity contribution is 5.79. The lowest BCUT2D eigenvalue weighted by molar-refractivity contribution is -0.121. The Morgan fingerprint density at radius 3 is 2.68 bits per heavy atom. The molecule has 2 N–H and O–H groups in total. The summed E-state index contributed by atoms with van der Waals surface area (Å²) >= 11 is 0. The van der Waals surface area contributed by atoms with E-state index in [4.69, 9.17) is 0 Å². The average Bonchev–Trinajstić information content (AvgIpc) is 2.79. The number of carbonyl (C=O) groups is 1. The molecule has 1 aromatic carbocycles. The SMILES string of the molecule is CCC(NC(=O)Cc1c(C)n[nH]c1C)c1cc(F)ccc1F. The van der Waals surface area contributed by atoms with Crippen LogP contribution in [-0.4, -0.2) is 16.1 Å². The van der Waals surface area contributed by atoms with Gasteiger partial charge < -0.3 is 5.32 Å². The molecule has 1 aromatic heterocycles. The van der Waals surface area contributed by atoms with E-state index in [0.717, 1.165) is 35.2 Å². The van der Waals surface area contributed by atoms with Crippen LogP contribution in [0.15, 0.2) is 18.2 Å². The van der Waals surface area contributed by atoms with Crippen molar-refractivity contribution in [2.24, 2.45) is 0 Å². The Bertz CT molecular complexity index is 663. The highest BCUT2D eigenvalue weighted by Crippen LogP contribution is 2.21. The second-order valence-corrected chi connectivity index (χ2v) is 5.28. The summed E-state index contributed by atoms with van der Waals surface area (Å²) in [5.41, 5.74) is 2.58. The molecule has 1 heterocycles. The van der Waals surface area contributed by atoms with Crippen molar-refractivity contribution in [3.63, 3.8) is 0 Å². The lowest BCUT2D eigenvalue weighted by atomic mass is 10.0. The Labute approximate surface area is 127 Å². The van der Waals surface area contributed by atoms with Crippen molar-refractivity contribution in [1.82, 2.24) is 15.5 Å². The van der Waals surface area contributed by atoms with Crippen LogP contribution in [0.3, 0.4) is 0 Å². The van der Waals surface area contributed by atoms with Crippen molar-refractivity contribution < 1.29 is 13.6 Å². The fraction of sp³-hybridized carbons (Fsp3) is 0.375. The molecule has 0 bridgehead atoms. The molecule has 2 aromatic rings. The van der Waals surface area contributed by atoms with Crippen LogP contribution in [0.1, 0.15) is 41.9 Å². The molecule has 0 aliphatic heterocycles. The fourth-order valence-corrected chi connectivity index (χ4v) is 2.42. The molecule has 1 amide bonds. The van der Waals surface area contributed by atoms with Crippen molar-refractivity contribution in [1.29, 1.82) is 0 Å². The zero-order chi connectivity index (χ0) is 16.3. The molecule has 2 rings (SSSR count). The monoisotopic (exact) mass is 307 g/mol. The summed E-state index contributed by atoms with van der Waals surface area (Å²) in [5.74, 6) is -1.29. The topological polar surface area (TPSA) is 57.8 Å². The van der Waals surface area contributed by atoms with Gasteiger partial charge in [-0.15, -0.1) is 0 Å². The maximum absolute atomic E-state index is 13.8. The molecule has 0 spiro atoms. The van der Waals surface area contributed by atoms with E-state index in [1.54, 1.807) is 0 Å². The molecule has 0 radical (unpaired) electrons. The molecule has 4 nitrogen and oxygen atoms in total. The van der Waals surface area contributed by atoms with Gasteiger partial charge in [-0.2, -0.15) is 5.10 Å². The second-order valence-electron chi connectivity index (χ2n) is 5.28. The maximum atomic E-state index is 13.8. The third-order valence-corrected chi connectivity index (χ3v) is 3.69. The molecule has 0 aliphatic rings. The van der Waals surface area contributed by atoms with Crippen molar-refractivity contribution in [3.8, 4) is 0 Å². The summed E-state index contributed by atoms with van der Waals surface area (Å²) in [4.78, 5) is 12.2. The van der Waals surface area contributed by atoms with Gasteiger partial charge >= 0.3 is 0 Å². The van der Waals surface area contributed by atoms with Gasteiger partial charge in [0.15, 0.2) is 0 Å². The smallest absolute Gasteiger partial charge is 0.225 e. The third-order valence-electron chi connectivity index (χ3n) is 3.69. The number of carbonyl (C=O) groups excluding carboxylic acids is 1. The van der Waals surface area contributed by atoms with Crippen LogP contribution in [0.25, 0.3) is 0 Å². The van der Waals surface area contributed by atoms with Crippen molar-refractivity contribution >= 4 is 5.91 Å². The summed E-state index contributed by atoms with van der Waals surface area (Å²) in [6.45, 7) is 5.46. The lowest BCUT2D eigenvalue weighted by Crippen LogP contribution is -2.30. The number of hydrogen-bond acceptors (Lipinski definition) is 2. The van der Waals surface area contributed by atoms with E-state index in [-0.39, 0.29) is 17.9 Å². The fourth-order valence-electron chi connectivity index (χ4n) is 2.42. The summed E-state index contributed by atoms with van der Waals surface area (Å²) in [7, 11) is 0. The highest BCUT2D eigenvalue weighted by Gasteiger charge is 2.19. The van der Waals surface area contributed by atoms with Gasteiger partial charge in [0, 0.05) is 16.8 Å². The number of nitrogens with one attached hydrogen (secondary N) is 2. The Hall–Kier alpha value is -2.24. The second kappa shape index (κ2) is 6.68. The number of hydrogen-bond donors (Lipinski definition) is 2. The van der Waals surface area contributed by atoms with Crippen molar-refractivity contribution in [2.75, 3.05) is 0 Å². The molecule has 0 aliphatic carbocycles. The number of aryl methyl sites for hydroxylation is 2. The van der Waals surface area contributed by atoms with Gasteiger partial charge in [-0.05, 0) is 38.5 Å². The quantitative estimate of drug-likeness (QED) is 0.891. The summed E-state index contributed by atoms with van der Waals surface area (Å²) in [6.07, 6.45) is 0.622. The number of H-pyrrole nitrogens is 1. The van der Waals surface area contributed by atoms with E-state index in [0.29, 0.717) is 6.42 Å². The molecule has 1 atom stereocenters. The van der Waals surface area contributed by atoms with Gasteiger partial charge in [0.05, 0.1) is 18.2 Å². The molecule has 118 valence electrons. The van der Waals surface area contributed by atoms with E-state index in [1.165, 1.54) is 0 Å². The minimum atomic E-state index is -0.560. The Balaban J connectivity index is 2.13. The number of aromatic nitrogens is 2. The number of halogens is 2. The Kier molecular flexibility index (Phi) is 4.90. The van der Waals surface area contributed by atoms with Gasteiger partial charge in [0.25, 0.3) is 0 Å². The zero-order valence-electron chi connectivity index (χ0n) is 12.8. The van der Waals surface area contributed by atoms with Crippen LogP contribution in [-0.2, 0) is 11.2 Å². The minimum Gasteiger partial charge on any atom is -0.349 e. The Morgan fingerprint density at radius 1 is 1.36 bits per heavy atom. The van der Waals surface area contributed by atoms with Crippen LogP contribution >= 0.6 is 0 Å². The molecule has 0 fully saturated rings. The van der Waals surface area contributed by atoms with Crippen LogP contribution in [0.5, 0.6) is 0 Å². The third kappa shape index (κ3) is 3.50. The average molecular weight is 307 g/mol. The van der Waals surface area contributed by atoms with Gasteiger partial charge in [-0.25, -0.2) is 8.78 Å². The van der Waals surface area contributed by atoms with E-state index in [2.05, 4.69) is 15.5 Å². The first kappa shape index (κ1) is 16.1. The number of benzene rings is 1. The van der Waals surface area contributed by atoms with Crippen molar-refractivity contribution in [3.05, 3.63) is 52.3 Å². The lowest BCUT2D eigenvalue weighted by Gasteiger charge is -2.18. The molecule has 22 heavy (non-hydrogen) atoms. The molecule has 1 unspecified atom stereocenters. The van der Waals surface area contributed by atoms with E-state index in [1.807, 2.05) is 20.8 Å². The van der Waals surface area contributed by atoms with Gasteiger partial charge in [0.2, 0.25) is 5.91 Å². The summed E-state index contributed by atoms with van der Waals surface area (Å²) < 4.78 is 27.1. The van der Waals surface area contributed by atoms with Crippen LogP contribution in [0.4, 0.5) is 8.78 Å². The molecule has 0 saturated heterocycles. The minimum absolute atomic E-state index is 0.154. The van der Waals surface area contributed by atoms with Crippen LogP contribution in [0.2, 0.25) is 0 Å². The molecule has 0 saturated carbocycles. The first-order valence-electron chi connectivity index (χ1n) is 7.17. The summed E-state index contributed by atoms with van der Waals surface area (Å²) in [5, 5.41) is 9.61. The molecule has 6 heteroatoms. The standard InChI is InChI=1S/C16H19F2N3O/c1-4-15(13-7-11(17)5-6-14(13)18)19-16(22)8-12-9(2)20-21-10(12)3/h5-7,15H,4,8H2,1-3H3,(H,19,22)(H,20,21). The number of aromatic amines is 1. The normalized spacial score (nSPS) is 12.2. The first-order chi connectivity index (χ1) is 10.4. The van der Waals surface area contributed by atoms with Gasteiger partial charge in [0.1, 0.15) is 11.6 Å². The maximum Gasteiger partial charge on any atom is 0.225 e. The number of amides is 1. The molecular weight excluding hydrogens is 288 g/mol. The largest absolute Gasteiger partial charge is 0.349 e. The summed E-state index contributed by atoms with van der Waals surface area (Å²) in [6, 6.07) is 2.70. The predicted molar refractivity (Wildman–Crippen MR) is 79.3 cm³/mol. The molecular formula is C16H19F2N3O. The van der Waals surface area contributed by atoms with Gasteiger partial charge in [-0.3, -0.25) is 9.89 Å². The van der Waals surface area contributed by atoms with Crippen molar-refractivity contribution in [2.45, 2.75) is 39.7 Å². The van der Waals surface area contributed by atoms with E-state index >= 15 is 0 Å². The van der Waals surface area contributed by atoms with Gasteiger partial charge in [-0.1, -0.05) is 6.92 Å². The predicted octanol–water partition coefficient (Wildman–Crippen LogP) is 3.11.